The predicted molar refractivity (Wildman–Crippen MR) is 115 cm³/mol. The maximum absolute atomic E-state index is 12.7. The van der Waals surface area contributed by atoms with Gasteiger partial charge in [0.1, 0.15) is 5.75 Å². The van der Waals surface area contributed by atoms with E-state index in [4.69, 9.17) is 16.3 Å². The van der Waals surface area contributed by atoms with E-state index in [9.17, 15) is 9.59 Å². The molecule has 2 aromatic carbocycles. The number of rotatable bonds is 6. The minimum atomic E-state index is -0.286. The Hall–Kier alpha value is -2.24. The molecule has 0 spiro atoms. The molecule has 146 valence electrons. The zero-order valence-electron chi connectivity index (χ0n) is 16.1. The second kappa shape index (κ2) is 8.84. The number of aryl methyl sites for hydroxylation is 1. The van der Waals surface area contributed by atoms with Crippen LogP contribution in [0, 0.1) is 6.92 Å². The van der Waals surface area contributed by atoms with Crippen molar-refractivity contribution in [3.63, 3.8) is 0 Å². The number of imide groups is 1. The number of ether oxygens (including phenoxy) is 1. The number of amides is 2. The Kier molecular flexibility index (Phi) is 6.47. The van der Waals surface area contributed by atoms with Crippen molar-refractivity contribution in [1.82, 2.24) is 4.90 Å². The Morgan fingerprint density at radius 1 is 1.18 bits per heavy atom. The van der Waals surface area contributed by atoms with Gasteiger partial charge in [-0.15, -0.1) is 0 Å². The summed E-state index contributed by atoms with van der Waals surface area (Å²) in [4.78, 5) is 26.7. The first kappa shape index (κ1) is 20.5. The van der Waals surface area contributed by atoms with Gasteiger partial charge in [-0.3, -0.25) is 14.5 Å². The average molecular weight is 416 g/mol. The first-order chi connectivity index (χ1) is 13.4. The fraction of sp³-hybridized carbons (Fsp3) is 0.273. The zero-order valence-corrected chi connectivity index (χ0v) is 17.6. The third-order valence-electron chi connectivity index (χ3n) is 4.49. The van der Waals surface area contributed by atoms with Gasteiger partial charge in [-0.25, -0.2) is 0 Å². The summed E-state index contributed by atoms with van der Waals surface area (Å²) in [6.45, 7) is 6.29. The van der Waals surface area contributed by atoms with Crippen LogP contribution in [0.4, 0.5) is 4.79 Å². The standard InChI is InChI=1S/C22H22ClNO3S/c1-4-15(3)27-19-10-9-17(11-18(19)23)12-20-21(25)24(22(26)28-20)13-16-7-5-14(2)6-8-16/h5-12,15H,4,13H2,1-3H3/b20-12+. The number of carbonyl (C=O) groups excluding carboxylic acids is 2. The highest BCUT2D eigenvalue weighted by Gasteiger charge is 2.34. The first-order valence-corrected chi connectivity index (χ1v) is 10.3. The Labute approximate surface area is 174 Å². The molecule has 0 N–H and O–H groups in total. The minimum absolute atomic E-state index is 0.0709. The molecule has 1 aliphatic heterocycles. The molecule has 1 unspecified atom stereocenters. The monoisotopic (exact) mass is 415 g/mol. The van der Waals surface area contributed by atoms with E-state index >= 15 is 0 Å². The van der Waals surface area contributed by atoms with E-state index in [1.165, 1.54) is 4.90 Å². The number of halogens is 1. The molecule has 0 saturated carbocycles. The third kappa shape index (κ3) is 4.78. The molecule has 1 heterocycles. The maximum atomic E-state index is 12.7. The Morgan fingerprint density at radius 2 is 1.89 bits per heavy atom. The van der Waals surface area contributed by atoms with Crippen LogP contribution in [0.3, 0.4) is 0 Å². The van der Waals surface area contributed by atoms with Crippen molar-refractivity contribution in [3.8, 4) is 5.75 Å². The predicted octanol–water partition coefficient (Wildman–Crippen LogP) is 6.06. The molecule has 0 aliphatic carbocycles. The van der Waals surface area contributed by atoms with Gasteiger partial charge in [-0.1, -0.05) is 54.4 Å². The van der Waals surface area contributed by atoms with E-state index < -0.39 is 0 Å². The summed E-state index contributed by atoms with van der Waals surface area (Å²) in [5.74, 6) is 0.326. The topological polar surface area (TPSA) is 46.6 Å². The second-order valence-corrected chi connectivity index (χ2v) is 8.18. The Balaban J connectivity index is 1.76. The first-order valence-electron chi connectivity index (χ1n) is 9.14. The van der Waals surface area contributed by atoms with Crippen molar-refractivity contribution in [2.24, 2.45) is 0 Å². The molecule has 1 fully saturated rings. The Bertz CT molecular complexity index is 924. The molecule has 1 aliphatic rings. The van der Waals surface area contributed by atoms with Crippen LogP contribution in [0.15, 0.2) is 47.4 Å². The molecule has 3 rings (SSSR count). The molecule has 0 radical (unpaired) electrons. The largest absolute Gasteiger partial charge is 0.489 e. The molecule has 2 aromatic rings. The lowest BCUT2D eigenvalue weighted by molar-refractivity contribution is -0.123. The Morgan fingerprint density at radius 3 is 2.54 bits per heavy atom. The van der Waals surface area contributed by atoms with Crippen LogP contribution >= 0.6 is 23.4 Å². The van der Waals surface area contributed by atoms with Crippen LogP contribution in [0.2, 0.25) is 5.02 Å². The highest BCUT2D eigenvalue weighted by Crippen LogP contribution is 2.34. The maximum Gasteiger partial charge on any atom is 0.293 e. The lowest BCUT2D eigenvalue weighted by Gasteiger charge is -2.14. The van der Waals surface area contributed by atoms with Crippen LogP contribution in [-0.2, 0) is 11.3 Å². The summed E-state index contributed by atoms with van der Waals surface area (Å²) in [6.07, 6.45) is 2.65. The van der Waals surface area contributed by atoms with Gasteiger partial charge in [0.2, 0.25) is 0 Å². The highest BCUT2D eigenvalue weighted by molar-refractivity contribution is 8.18. The quantitative estimate of drug-likeness (QED) is 0.538. The van der Waals surface area contributed by atoms with Gasteiger partial charge >= 0.3 is 0 Å². The van der Waals surface area contributed by atoms with E-state index in [-0.39, 0.29) is 23.8 Å². The molecule has 6 heteroatoms. The van der Waals surface area contributed by atoms with Crippen molar-refractivity contribution >= 4 is 40.6 Å². The van der Waals surface area contributed by atoms with Gasteiger partial charge in [0.05, 0.1) is 22.6 Å². The van der Waals surface area contributed by atoms with Crippen molar-refractivity contribution < 1.29 is 14.3 Å². The number of nitrogens with zero attached hydrogens (tertiary/aromatic N) is 1. The van der Waals surface area contributed by atoms with Gasteiger partial charge in [0.15, 0.2) is 0 Å². The van der Waals surface area contributed by atoms with Gasteiger partial charge in [-0.05, 0) is 61.4 Å². The van der Waals surface area contributed by atoms with Gasteiger partial charge in [0.25, 0.3) is 11.1 Å². The summed E-state index contributed by atoms with van der Waals surface area (Å²) < 4.78 is 5.76. The van der Waals surface area contributed by atoms with Crippen molar-refractivity contribution in [2.75, 3.05) is 0 Å². The molecule has 1 atom stereocenters. The molecule has 1 saturated heterocycles. The smallest absolute Gasteiger partial charge is 0.293 e. The number of hydrogen-bond acceptors (Lipinski definition) is 4. The molecular weight excluding hydrogens is 394 g/mol. The summed E-state index contributed by atoms with van der Waals surface area (Å²) >= 11 is 7.25. The summed E-state index contributed by atoms with van der Waals surface area (Å²) in [6, 6.07) is 13.2. The van der Waals surface area contributed by atoms with E-state index in [0.717, 1.165) is 34.9 Å². The van der Waals surface area contributed by atoms with Gasteiger partial charge in [0, 0.05) is 0 Å². The number of carbonyl (C=O) groups is 2. The molecule has 0 bridgehead atoms. The van der Waals surface area contributed by atoms with Crippen molar-refractivity contribution in [2.45, 2.75) is 39.8 Å². The lowest BCUT2D eigenvalue weighted by Crippen LogP contribution is -2.27. The van der Waals surface area contributed by atoms with E-state index in [2.05, 4.69) is 0 Å². The lowest BCUT2D eigenvalue weighted by atomic mass is 10.1. The number of thioether (sulfide) groups is 1. The summed E-state index contributed by atoms with van der Waals surface area (Å²) in [7, 11) is 0. The molecule has 4 nitrogen and oxygen atoms in total. The second-order valence-electron chi connectivity index (χ2n) is 6.78. The highest BCUT2D eigenvalue weighted by atomic mass is 35.5. The zero-order chi connectivity index (χ0) is 20.3. The van der Waals surface area contributed by atoms with E-state index in [0.29, 0.717) is 15.7 Å². The van der Waals surface area contributed by atoms with E-state index in [1.807, 2.05) is 51.1 Å². The summed E-state index contributed by atoms with van der Waals surface area (Å²) in [5.41, 5.74) is 2.81. The van der Waals surface area contributed by atoms with Crippen LogP contribution in [-0.4, -0.2) is 22.2 Å². The van der Waals surface area contributed by atoms with Crippen LogP contribution in [0.1, 0.15) is 37.0 Å². The molecular formula is C22H22ClNO3S. The normalized spacial score (nSPS) is 16.7. The number of benzene rings is 2. The fourth-order valence-electron chi connectivity index (χ4n) is 2.67. The molecule has 28 heavy (non-hydrogen) atoms. The van der Waals surface area contributed by atoms with Crippen LogP contribution in [0.25, 0.3) is 6.08 Å². The minimum Gasteiger partial charge on any atom is -0.489 e. The third-order valence-corrected chi connectivity index (χ3v) is 5.69. The molecule has 2 amide bonds. The van der Waals surface area contributed by atoms with Gasteiger partial charge in [-0.2, -0.15) is 0 Å². The number of hydrogen-bond donors (Lipinski definition) is 0. The SMILES string of the molecule is CCC(C)Oc1ccc(/C=C2/SC(=O)N(Cc3ccc(C)cc3)C2=O)cc1Cl. The van der Waals surface area contributed by atoms with Crippen LogP contribution < -0.4 is 4.74 Å². The molecule has 0 aromatic heterocycles. The van der Waals surface area contributed by atoms with Crippen molar-refractivity contribution in [1.29, 1.82) is 0 Å². The summed E-state index contributed by atoms with van der Waals surface area (Å²) in [5, 5.41) is 0.215. The van der Waals surface area contributed by atoms with E-state index in [1.54, 1.807) is 18.2 Å². The van der Waals surface area contributed by atoms with Gasteiger partial charge < -0.3 is 4.74 Å². The van der Waals surface area contributed by atoms with Crippen molar-refractivity contribution in [3.05, 3.63) is 69.1 Å². The fourth-order valence-corrected chi connectivity index (χ4v) is 3.74. The van der Waals surface area contributed by atoms with Crippen LogP contribution in [0.5, 0.6) is 5.75 Å². The average Bonchev–Trinajstić information content (AvgIpc) is 2.93.